The standard InChI is InChI=1S/C10H19N3O/c1-12(8-2-3-8)9-4-5-13(7-9)10(14)6-11/h8-9H,2-7,11H2,1H3. The van der Waals surface area contributed by atoms with Gasteiger partial charge in [-0.3, -0.25) is 9.69 Å². The van der Waals surface area contributed by atoms with Crippen molar-refractivity contribution >= 4 is 5.91 Å². The average molecular weight is 197 g/mol. The lowest BCUT2D eigenvalue weighted by atomic mass is 10.2. The number of hydrogen-bond donors (Lipinski definition) is 1. The van der Waals surface area contributed by atoms with E-state index >= 15 is 0 Å². The molecule has 0 spiro atoms. The molecule has 1 saturated carbocycles. The molecule has 2 fully saturated rings. The lowest BCUT2D eigenvalue weighted by Crippen LogP contribution is -2.39. The van der Waals surface area contributed by atoms with E-state index in [-0.39, 0.29) is 12.5 Å². The minimum atomic E-state index is 0.0942. The first-order valence-corrected chi connectivity index (χ1v) is 5.42. The molecule has 2 rings (SSSR count). The van der Waals surface area contributed by atoms with E-state index < -0.39 is 0 Å². The molecule has 80 valence electrons. The first kappa shape index (κ1) is 9.93. The molecule has 1 aliphatic carbocycles. The molecule has 1 heterocycles. The van der Waals surface area contributed by atoms with Crippen molar-refractivity contribution in [2.24, 2.45) is 5.73 Å². The van der Waals surface area contributed by atoms with Crippen molar-refractivity contribution < 1.29 is 4.79 Å². The monoisotopic (exact) mass is 197 g/mol. The highest BCUT2D eigenvalue weighted by molar-refractivity contribution is 5.78. The van der Waals surface area contributed by atoms with Gasteiger partial charge < -0.3 is 10.6 Å². The molecule has 1 atom stereocenters. The number of carbonyl (C=O) groups is 1. The van der Waals surface area contributed by atoms with Crippen LogP contribution in [0.1, 0.15) is 19.3 Å². The maximum Gasteiger partial charge on any atom is 0.236 e. The van der Waals surface area contributed by atoms with Crippen LogP contribution in [0.4, 0.5) is 0 Å². The first-order chi connectivity index (χ1) is 6.72. The molecule has 2 aliphatic rings. The maximum atomic E-state index is 11.4. The third-order valence-electron chi connectivity index (χ3n) is 3.39. The van der Waals surface area contributed by atoms with E-state index in [2.05, 4.69) is 11.9 Å². The highest BCUT2D eigenvalue weighted by Gasteiger charge is 2.35. The van der Waals surface area contributed by atoms with Gasteiger partial charge in [0.15, 0.2) is 0 Å². The predicted molar refractivity (Wildman–Crippen MR) is 54.8 cm³/mol. The predicted octanol–water partition coefficient (Wildman–Crippen LogP) is -0.360. The van der Waals surface area contributed by atoms with E-state index in [0.29, 0.717) is 6.04 Å². The van der Waals surface area contributed by atoms with Gasteiger partial charge >= 0.3 is 0 Å². The second-order valence-corrected chi connectivity index (χ2v) is 4.38. The van der Waals surface area contributed by atoms with Crippen LogP contribution in [0.2, 0.25) is 0 Å². The molecule has 0 aromatic carbocycles. The van der Waals surface area contributed by atoms with Crippen LogP contribution in [-0.2, 0) is 4.79 Å². The zero-order valence-electron chi connectivity index (χ0n) is 8.78. The zero-order chi connectivity index (χ0) is 10.1. The summed E-state index contributed by atoms with van der Waals surface area (Å²) in [5, 5.41) is 0. The number of nitrogens with zero attached hydrogens (tertiary/aromatic N) is 2. The van der Waals surface area contributed by atoms with Crippen molar-refractivity contribution in [3.05, 3.63) is 0 Å². The Balaban J connectivity index is 1.84. The third-order valence-corrected chi connectivity index (χ3v) is 3.39. The van der Waals surface area contributed by atoms with Gasteiger partial charge in [0.2, 0.25) is 5.91 Å². The summed E-state index contributed by atoms with van der Waals surface area (Å²) in [4.78, 5) is 15.7. The van der Waals surface area contributed by atoms with E-state index in [0.717, 1.165) is 25.6 Å². The van der Waals surface area contributed by atoms with Crippen molar-refractivity contribution in [1.29, 1.82) is 0 Å². The highest BCUT2D eigenvalue weighted by atomic mass is 16.2. The summed E-state index contributed by atoms with van der Waals surface area (Å²) in [7, 11) is 2.18. The summed E-state index contributed by atoms with van der Waals surface area (Å²) in [5.41, 5.74) is 5.34. The van der Waals surface area contributed by atoms with Crippen LogP contribution in [0.5, 0.6) is 0 Å². The Morgan fingerprint density at radius 1 is 1.43 bits per heavy atom. The summed E-state index contributed by atoms with van der Waals surface area (Å²) in [6.45, 7) is 1.92. The van der Waals surface area contributed by atoms with Crippen LogP contribution in [0, 0.1) is 0 Å². The van der Waals surface area contributed by atoms with Gasteiger partial charge in [-0.2, -0.15) is 0 Å². The highest BCUT2D eigenvalue weighted by Crippen LogP contribution is 2.29. The van der Waals surface area contributed by atoms with Crippen LogP contribution >= 0.6 is 0 Å². The van der Waals surface area contributed by atoms with Crippen LogP contribution in [0.15, 0.2) is 0 Å². The fourth-order valence-corrected chi connectivity index (χ4v) is 2.21. The van der Waals surface area contributed by atoms with Gasteiger partial charge in [-0.05, 0) is 26.3 Å². The summed E-state index contributed by atoms with van der Waals surface area (Å²) in [5.74, 6) is 0.0942. The molecule has 4 heteroatoms. The fraction of sp³-hybridized carbons (Fsp3) is 0.900. The Kier molecular flexibility index (Phi) is 2.74. The summed E-state index contributed by atoms with van der Waals surface area (Å²) < 4.78 is 0. The molecule has 2 N–H and O–H groups in total. The van der Waals surface area contributed by atoms with E-state index in [1.165, 1.54) is 12.8 Å². The molecule has 4 nitrogen and oxygen atoms in total. The summed E-state index contributed by atoms with van der Waals surface area (Å²) in [6, 6.07) is 1.35. The Morgan fingerprint density at radius 3 is 2.71 bits per heavy atom. The number of nitrogens with two attached hydrogens (primary N) is 1. The van der Waals surface area contributed by atoms with Gasteiger partial charge in [0.25, 0.3) is 0 Å². The number of carbonyl (C=O) groups excluding carboxylic acids is 1. The molecule has 0 aromatic heterocycles. The molecule has 1 aliphatic heterocycles. The lowest BCUT2D eigenvalue weighted by Gasteiger charge is -2.24. The summed E-state index contributed by atoms with van der Waals surface area (Å²) in [6.07, 6.45) is 3.77. The van der Waals surface area contributed by atoms with Crippen LogP contribution in [0.25, 0.3) is 0 Å². The van der Waals surface area contributed by atoms with Crippen LogP contribution in [0.3, 0.4) is 0 Å². The Hall–Kier alpha value is -0.610. The van der Waals surface area contributed by atoms with Gasteiger partial charge in [-0.25, -0.2) is 0 Å². The van der Waals surface area contributed by atoms with Crippen molar-refractivity contribution in [3.8, 4) is 0 Å². The fourth-order valence-electron chi connectivity index (χ4n) is 2.21. The topological polar surface area (TPSA) is 49.6 Å². The quantitative estimate of drug-likeness (QED) is 0.672. The molecule has 1 saturated heterocycles. The number of likely N-dealkylation sites (N-methyl/N-ethyl adjacent to an activating group) is 1. The van der Waals surface area contributed by atoms with Crippen molar-refractivity contribution in [2.75, 3.05) is 26.7 Å². The second-order valence-electron chi connectivity index (χ2n) is 4.38. The first-order valence-electron chi connectivity index (χ1n) is 5.42. The van der Waals surface area contributed by atoms with Crippen LogP contribution in [-0.4, -0.2) is 54.5 Å². The van der Waals surface area contributed by atoms with Crippen molar-refractivity contribution in [2.45, 2.75) is 31.3 Å². The van der Waals surface area contributed by atoms with E-state index in [9.17, 15) is 4.79 Å². The van der Waals surface area contributed by atoms with Gasteiger partial charge in [0.05, 0.1) is 6.54 Å². The van der Waals surface area contributed by atoms with Gasteiger partial charge in [-0.1, -0.05) is 0 Å². The van der Waals surface area contributed by atoms with Gasteiger partial charge in [0.1, 0.15) is 0 Å². The smallest absolute Gasteiger partial charge is 0.236 e. The molecule has 14 heavy (non-hydrogen) atoms. The molecule has 0 radical (unpaired) electrons. The van der Waals surface area contributed by atoms with Crippen molar-refractivity contribution in [1.82, 2.24) is 9.80 Å². The average Bonchev–Trinajstić information content (AvgIpc) is 2.93. The number of rotatable bonds is 3. The van der Waals surface area contributed by atoms with E-state index in [1.807, 2.05) is 4.90 Å². The van der Waals surface area contributed by atoms with Crippen molar-refractivity contribution in [3.63, 3.8) is 0 Å². The van der Waals surface area contributed by atoms with Crippen LogP contribution < -0.4 is 5.73 Å². The second kappa shape index (κ2) is 3.87. The molecule has 1 amide bonds. The minimum absolute atomic E-state index is 0.0942. The van der Waals surface area contributed by atoms with Gasteiger partial charge in [0, 0.05) is 25.2 Å². The van der Waals surface area contributed by atoms with Gasteiger partial charge in [-0.15, -0.1) is 0 Å². The molecular formula is C10H19N3O. The number of amides is 1. The third kappa shape index (κ3) is 1.91. The summed E-state index contributed by atoms with van der Waals surface area (Å²) >= 11 is 0. The molecule has 1 unspecified atom stereocenters. The minimum Gasteiger partial charge on any atom is -0.340 e. The Morgan fingerprint density at radius 2 is 2.14 bits per heavy atom. The maximum absolute atomic E-state index is 11.4. The largest absolute Gasteiger partial charge is 0.340 e. The Bertz CT molecular complexity index is 227. The molecular weight excluding hydrogens is 178 g/mol. The lowest BCUT2D eigenvalue weighted by molar-refractivity contribution is -0.128. The zero-order valence-corrected chi connectivity index (χ0v) is 8.78. The normalized spacial score (nSPS) is 27.4. The van der Waals surface area contributed by atoms with E-state index in [1.54, 1.807) is 0 Å². The molecule has 0 bridgehead atoms. The number of hydrogen-bond acceptors (Lipinski definition) is 3. The van der Waals surface area contributed by atoms with E-state index in [4.69, 9.17) is 5.73 Å². The Labute approximate surface area is 85.0 Å². The molecule has 0 aromatic rings. The number of likely N-dealkylation sites (tertiary alicyclic amines) is 1. The SMILES string of the molecule is CN(C1CC1)C1CCN(C(=O)CN)C1.